The number of epoxide rings is 1. The quantitative estimate of drug-likeness (QED) is 0.203. The molecule has 3 saturated carbocycles. The van der Waals surface area contributed by atoms with Gasteiger partial charge in [0.1, 0.15) is 30.2 Å². The van der Waals surface area contributed by atoms with Crippen molar-refractivity contribution in [3.8, 4) is 0 Å². The van der Waals surface area contributed by atoms with Crippen LogP contribution in [-0.2, 0) is 39.8 Å². The molecular formula is C39H54N2O9. The zero-order valence-electron chi connectivity index (χ0n) is 30.0. The Bertz CT molecular complexity index is 1580. The van der Waals surface area contributed by atoms with Crippen molar-refractivity contribution in [3.05, 3.63) is 23.7 Å². The van der Waals surface area contributed by atoms with E-state index >= 15 is 0 Å². The van der Waals surface area contributed by atoms with E-state index in [0.29, 0.717) is 31.7 Å². The number of ether oxygens (including phenoxy) is 4. The number of carbonyl (C=O) groups is 3. The second-order valence-corrected chi connectivity index (χ2v) is 18.0. The van der Waals surface area contributed by atoms with Crippen LogP contribution in [0.15, 0.2) is 16.7 Å². The van der Waals surface area contributed by atoms with E-state index in [2.05, 4.69) is 17.6 Å². The van der Waals surface area contributed by atoms with Crippen molar-refractivity contribution in [2.75, 3.05) is 19.8 Å². The summed E-state index contributed by atoms with van der Waals surface area (Å²) in [4.78, 5) is 42.4. The second kappa shape index (κ2) is 11.1. The Balaban J connectivity index is 1.05. The Morgan fingerprint density at radius 2 is 1.74 bits per heavy atom. The summed E-state index contributed by atoms with van der Waals surface area (Å²) in [5.74, 6) is -1.12. The first-order chi connectivity index (χ1) is 23.9. The van der Waals surface area contributed by atoms with E-state index in [0.717, 1.165) is 63.1 Å². The predicted octanol–water partition coefficient (Wildman–Crippen LogP) is 4.29. The highest BCUT2D eigenvalue weighted by atomic mass is 16.7. The highest BCUT2D eigenvalue weighted by Crippen LogP contribution is 2.81. The van der Waals surface area contributed by atoms with Gasteiger partial charge in [-0.05, 0) is 64.4 Å². The van der Waals surface area contributed by atoms with Crippen molar-refractivity contribution in [1.29, 1.82) is 0 Å². The summed E-state index contributed by atoms with van der Waals surface area (Å²) in [7, 11) is 0. The van der Waals surface area contributed by atoms with Gasteiger partial charge in [0.15, 0.2) is 11.9 Å². The molecule has 0 radical (unpaired) electrons. The zero-order valence-corrected chi connectivity index (χ0v) is 30.0. The summed E-state index contributed by atoms with van der Waals surface area (Å²) in [5.41, 5.74) is -4.78. The van der Waals surface area contributed by atoms with Gasteiger partial charge in [0.05, 0.1) is 29.3 Å². The lowest BCUT2D eigenvalue weighted by molar-refractivity contribution is -0.264. The number of hydrogen-bond donors (Lipinski definition) is 3. The molecule has 274 valence electrons. The summed E-state index contributed by atoms with van der Waals surface area (Å²) in [6.07, 6.45) is 8.91. The number of fused-ring (bicyclic) bond motifs is 2. The largest absolute Gasteiger partial charge is 0.469 e. The third kappa shape index (κ3) is 4.02. The Kier molecular flexibility index (Phi) is 7.44. The number of rotatable bonds is 8. The third-order valence-electron chi connectivity index (χ3n) is 15.4. The minimum atomic E-state index is -1.39. The molecule has 3 spiro atoms. The molecule has 0 aromatic carbocycles. The molecule has 0 amide bonds. The van der Waals surface area contributed by atoms with Crippen LogP contribution in [0.25, 0.3) is 0 Å². The van der Waals surface area contributed by atoms with Crippen LogP contribution in [0.2, 0.25) is 0 Å². The van der Waals surface area contributed by atoms with Gasteiger partial charge in [-0.3, -0.25) is 9.59 Å². The molecule has 3 N–H and O–H groups in total. The first-order valence-electron chi connectivity index (χ1n) is 19.3. The number of cyclic esters (lactones) is 2. The second-order valence-electron chi connectivity index (χ2n) is 18.0. The van der Waals surface area contributed by atoms with Gasteiger partial charge in [-0.2, -0.15) is 0 Å². The SMILES string of the molecule is CC1(C)O[C@H]2C3(CCCC3)C(=O)OC[C@@]23[C@@H]1C(=O)[C@@H](O)[C@]1(C)[C@@H]3CC[C@@]2(C)[C@H](c3ccoc3CCCCCC[C@@H]3CNCN3)OC(=O)[C@H]3O[C@@]312. The Morgan fingerprint density at radius 1 is 0.960 bits per heavy atom. The highest BCUT2D eigenvalue weighted by molar-refractivity contribution is 5.92. The smallest absolute Gasteiger partial charge is 0.339 e. The molecule has 0 bridgehead atoms. The molecule has 0 unspecified atom stereocenters. The van der Waals surface area contributed by atoms with Crippen LogP contribution < -0.4 is 10.6 Å². The maximum atomic E-state index is 14.8. The number of esters is 2. The first kappa shape index (κ1) is 33.5. The summed E-state index contributed by atoms with van der Waals surface area (Å²) < 4.78 is 32.1. The standard InChI is InChI=1S/C39H54N2O9/c1-34(2)27-26(42)28(43)36(4)25(38(27)20-47-33(45)37(32(38)50-34)15-9-10-16-37)13-17-35(3)29(48-31(44)30-39(35,36)49-30)23-14-18-46-24(23)12-8-6-5-7-11-22-19-40-21-41-22/h14,18,22,25,27-30,32,40-41,43H,5-13,15-17,19-21H2,1-4H3/t22-,25+,27-,28-,29+,30-,32+,35+,36+,38-,39-/m1/s1. The number of ketones is 1. The summed E-state index contributed by atoms with van der Waals surface area (Å²) >= 11 is 0. The van der Waals surface area contributed by atoms with Crippen LogP contribution in [0.3, 0.4) is 0 Å². The maximum Gasteiger partial charge on any atom is 0.339 e. The molecule has 5 saturated heterocycles. The molecule has 1 aromatic heterocycles. The van der Waals surface area contributed by atoms with Gasteiger partial charge in [0.2, 0.25) is 0 Å². The van der Waals surface area contributed by atoms with Gasteiger partial charge in [-0.1, -0.05) is 46.0 Å². The fraction of sp³-hybridized carbons (Fsp3) is 0.821. The fourth-order valence-electron chi connectivity index (χ4n) is 13.4. The average Bonchev–Trinajstić information content (AvgIpc) is 3.54. The van der Waals surface area contributed by atoms with Gasteiger partial charge >= 0.3 is 11.9 Å². The van der Waals surface area contributed by atoms with Gasteiger partial charge in [0, 0.05) is 47.5 Å². The van der Waals surface area contributed by atoms with Crippen molar-refractivity contribution in [1.82, 2.24) is 10.6 Å². The van der Waals surface area contributed by atoms with E-state index in [4.69, 9.17) is 23.4 Å². The molecule has 11 nitrogen and oxygen atoms in total. The highest BCUT2D eigenvalue weighted by Gasteiger charge is 2.91. The minimum absolute atomic E-state index is 0.0658. The van der Waals surface area contributed by atoms with E-state index < -0.39 is 69.2 Å². The molecule has 3 aliphatic carbocycles. The number of nitrogens with one attached hydrogen (secondary N) is 2. The average molecular weight is 695 g/mol. The van der Waals surface area contributed by atoms with Crippen molar-refractivity contribution < 1.29 is 42.9 Å². The number of furan rings is 1. The zero-order chi connectivity index (χ0) is 34.9. The fourth-order valence-corrected chi connectivity index (χ4v) is 13.4. The molecule has 50 heavy (non-hydrogen) atoms. The Hall–Kier alpha value is -2.31. The normalized spacial score (nSPS) is 46.4. The molecule has 5 aliphatic heterocycles. The number of hydrogen-bond acceptors (Lipinski definition) is 11. The van der Waals surface area contributed by atoms with Crippen molar-refractivity contribution in [2.24, 2.45) is 33.5 Å². The lowest BCUT2D eigenvalue weighted by Crippen LogP contribution is -2.77. The number of carbonyl (C=O) groups excluding carboxylic acids is 3. The predicted molar refractivity (Wildman–Crippen MR) is 178 cm³/mol. The van der Waals surface area contributed by atoms with Crippen molar-refractivity contribution in [3.63, 3.8) is 0 Å². The van der Waals surface area contributed by atoms with Gasteiger partial charge in [0.25, 0.3) is 0 Å². The maximum absolute atomic E-state index is 14.8. The van der Waals surface area contributed by atoms with Crippen LogP contribution in [0, 0.1) is 33.5 Å². The summed E-state index contributed by atoms with van der Waals surface area (Å²) in [6, 6.07) is 2.48. The van der Waals surface area contributed by atoms with E-state index in [1.807, 2.05) is 26.8 Å². The number of aryl methyl sites for hydroxylation is 1. The van der Waals surface area contributed by atoms with Crippen LogP contribution >= 0.6 is 0 Å². The molecule has 11 atom stereocenters. The van der Waals surface area contributed by atoms with Crippen molar-refractivity contribution >= 4 is 17.7 Å². The molecule has 8 fully saturated rings. The number of aliphatic hydroxyl groups excluding tert-OH is 1. The van der Waals surface area contributed by atoms with Crippen LogP contribution in [-0.4, -0.2) is 78.2 Å². The minimum Gasteiger partial charge on any atom is -0.469 e. The van der Waals surface area contributed by atoms with E-state index in [-0.39, 0.29) is 24.3 Å². The summed E-state index contributed by atoms with van der Waals surface area (Å²) in [6.45, 7) is 9.93. The lowest BCUT2D eigenvalue weighted by atomic mass is 9.35. The Labute approximate surface area is 294 Å². The molecule has 8 aliphatic rings. The van der Waals surface area contributed by atoms with E-state index in [1.54, 1.807) is 6.26 Å². The summed E-state index contributed by atoms with van der Waals surface area (Å²) in [5, 5.41) is 19.2. The van der Waals surface area contributed by atoms with Crippen LogP contribution in [0.4, 0.5) is 0 Å². The Morgan fingerprint density at radius 3 is 2.50 bits per heavy atom. The molecule has 1 aromatic rings. The monoisotopic (exact) mass is 694 g/mol. The topological polar surface area (TPSA) is 149 Å². The molecule has 9 rings (SSSR count). The van der Waals surface area contributed by atoms with E-state index in [1.165, 1.54) is 12.8 Å². The lowest BCUT2D eigenvalue weighted by Gasteiger charge is -2.67. The number of Topliss-reactive ketones (excluding diaryl/α,β-unsaturated/α-hetero) is 1. The molecule has 6 heterocycles. The van der Waals surface area contributed by atoms with Gasteiger partial charge in [-0.25, -0.2) is 4.79 Å². The van der Waals surface area contributed by atoms with Crippen molar-refractivity contribution in [2.45, 2.75) is 146 Å². The van der Waals surface area contributed by atoms with E-state index in [9.17, 15) is 19.5 Å². The number of unbranched alkanes of at least 4 members (excludes halogenated alkanes) is 3. The van der Waals surface area contributed by atoms with Crippen LogP contribution in [0.5, 0.6) is 0 Å². The van der Waals surface area contributed by atoms with Crippen LogP contribution in [0.1, 0.15) is 116 Å². The van der Waals surface area contributed by atoms with Gasteiger partial charge in [-0.15, -0.1) is 0 Å². The number of aliphatic hydroxyl groups is 1. The van der Waals surface area contributed by atoms with Gasteiger partial charge < -0.3 is 39.1 Å². The molecular weight excluding hydrogens is 640 g/mol. The first-order valence-corrected chi connectivity index (χ1v) is 19.3. The molecule has 11 heteroatoms. The third-order valence-corrected chi connectivity index (χ3v) is 15.4.